The smallest absolute Gasteiger partial charge is 0.257 e. The maximum atomic E-state index is 12.7. The first kappa shape index (κ1) is 13.6. The number of aromatic nitrogens is 3. The van der Waals surface area contributed by atoms with Gasteiger partial charge in [0.25, 0.3) is 5.56 Å². The van der Waals surface area contributed by atoms with E-state index in [1.807, 2.05) is 60.7 Å². The molecule has 122 valence electrons. The van der Waals surface area contributed by atoms with Crippen molar-refractivity contribution in [3.63, 3.8) is 0 Å². The zero-order valence-electron chi connectivity index (χ0n) is 13.7. The second kappa shape index (κ2) is 4.70. The lowest BCUT2D eigenvalue weighted by Crippen LogP contribution is -2.09. The molecule has 0 fully saturated rings. The summed E-state index contributed by atoms with van der Waals surface area (Å²) in [6.45, 7) is 0. The molecule has 4 heteroatoms. The summed E-state index contributed by atoms with van der Waals surface area (Å²) in [6, 6.07) is 24.0. The second-order valence-electron chi connectivity index (χ2n) is 6.53. The molecule has 1 N–H and O–H groups in total. The van der Waals surface area contributed by atoms with Gasteiger partial charge in [-0.2, -0.15) is 0 Å². The van der Waals surface area contributed by atoms with E-state index in [1.165, 1.54) is 0 Å². The van der Waals surface area contributed by atoms with Crippen LogP contribution in [0.1, 0.15) is 0 Å². The molecular formula is C22H13N3O. The Morgan fingerprint density at radius 1 is 0.731 bits per heavy atom. The van der Waals surface area contributed by atoms with E-state index < -0.39 is 0 Å². The zero-order chi connectivity index (χ0) is 17.3. The van der Waals surface area contributed by atoms with Crippen molar-refractivity contribution in [1.82, 2.24) is 14.4 Å². The minimum atomic E-state index is -0.0811. The number of fused-ring (bicyclic) bond motifs is 10. The number of rotatable bonds is 0. The lowest BCUT2D eigenvalue weighted by molar-refractivity contribution is 1.21. The molecule has 26 heavy (non-hydrogen) atoms. The molecule has 0 atom stereocenters. The third kappa shape index (κ3) is 1.58. The van der Waals surface area contributed by atoms with Gasteiger partial charge in [-0.3, -0.25) is 9.20 Å². The standard InChI is InChI=1S/C22H13N3O/c26-22-16-10-4-2-8-14(16)19-13-7-1-3-9-15(13)20-23-17-11-5-6-12-18(17)25(20)21(19)24-22/h1-12H,(H,24,26). The van der Waals surface area contributed by atoms with Crippen LogP contribution in [0.15, 0.2) is 77.6 Å². The molecule has 3 aromatic heterocycles. The highest BCUT2D eigenvalue weighted by Crippen LogP contribution is 2.34. The fraction of sp³-hybridized carbons (Fsp3) is 0. The van der Waals surface area contributed by atoms with Crippen molar-refractivity contribution in [2.24, 2.45) is 0 Å². The Bertz CT molecular complexity index is 1560. The number of benzene rings is 3. The van der Waals surface area contributed by atoms with E-state index in [1.54, 1.807) is 0 Å². The van der Waals surface area contributed by atoms with E-state index in [-0.39, 0.29) is 5.56 Å². The Hall–Kier alpha value is -3.66. The van der Waals surface area contributed by atoms with Gasteiger partial charge in [0, 0.05) is 16.2 Å². The first-order valence-electron chi connectivity index (χ1n) is 8.55. The molecular weight excluding hydrogens is 322 g/mol. The van der Waals surface area contributed by atoms with Gasteiger partial charge in [0.1, 0.15) is 11.3 Å². The second-order valence-corrected chi connectivity index (χ2v) is 6.53. The summed E-state index contributed by atoms with van der Waals surface area (Å²) in [5.41, 5.74) is 3.47. The van der Waals surface area contributed by atoms with Crippen molar-refractivity contribution >= 4 is 49.3 Å². The van der Waals surface area contributed by atoms with Crippen LogP contribution < -0.4 is 5.56 Å². The quantitative estimate of drug-likeness (QED) is 0.411. The molecule has 0 aliphatic rings. The van der Waals surface area contributed by atoms with Gasteiger partial charge in [0.2, 0.25) is 0 Å². The van der Waals surface area contributed by atoms with Crippen molar-refractivity contribution < 1.29 is 0 Å². The van der Waals surface area contributed by atoms with Crippen molar-refractivity contribution in [3.8, 4) is 0 Å². The summed E-state index contributed by atoms with van der Waals surface area (Å²) in [5, 5.41) is 4.88. The topological polar surface area (TPSA) is 50.2 Å². The number of H-pyrrole nitrogens is 1. The predicted octanol–water partition coefficient (Wildman–Crippen LogP) is 4.64. The van der Waals surface area contributed by atoms with Crippen LogP contribution in [0.25, 0.3) is 49.3 Å². The van der Waals surface area contributed by atoms with Crippen molar-refractivity contribution in [2.75, 3.05) is 0 Å². The van der Waals surface area contributed by atoms with Crippen LogP contribution in [-0.4, -0.2) is 14.4 Å². The molecule has 0 saturated carbocycles. The number of pyridine rings is 2. The summed E-state index contributed by atoms with van der Waals surface area (Å²) < 4.78 is 2.07. The number of hydrogen-bond acceptors (Lipinski definition) is 2. The Morgan fingerprint density at radius 2 is 1.35 bits per heavy atom. The third-order valence-electron chi connectivity index (χ3n) is 5.13. The van der Waals surface area contributed by atoms with E-state index in [9.17, 15) is 4.79 Å². The molecule has 0 spiro atoms. The number of para-hydroxylation sites is 2. The molecule has 0 unspecified atom stereocenters. The molecule has 0 aliphatic heterocycles. The van der Waals surface area contributed by atoms with Crippen molar-refractivity contribution in [2.45, 2.75) is 0 Å². The monoisotopic (exact) mass is 335 g/mol. The third-order valence-corrected chi connectivity index (χ3v) is 5.13. The zero-order valence-corrected chi connectivity index (χ0v) is 13.7. The summed E-state index contributed by atoms with van der Waals surface area (Å²) in [6.07, 6.45) is 0. The van der Waals surface area contributed by atoms with Gasteiger partial charge < -0.3 is 4.98 Å². The minimum Gasteiger partial charge on any atom is -0.307 e. The van der Waals surface area contributed by atoms with E-state index >= 15 is 0 Å². The first-order valence-corrected chi connectivity index (χ1v) is 8.55. The lowest BCUT2D eigenvalue weighted by Gasteiger charge is -2.11. The van der Waals surface area contributed by atoms with Gasteiger partial charge in [0.15, 0.2) is 0 Å². The summed E-state index contributed by atoms with van der Waals surface area (Å²) in [4.78, 5) is 20.7. The highest BCUT2D eigenvalue weighted by molar-refractivity contribution is 6.21. The maximum Gasteiger partial charge on any atom is 0.257 e. The Kier molecular flexibility index (Phi) is 2.46. The fourth-order valence-electron chi connectivity index (χ4n) is 4.03. The minimum absolute atomic E-state index is 0.0811. The van der Waals surface area contributed by atoms with Crippen LogP contribution in [0, 0.1) is 0 Å². The Labute approximate surface area is 147 Å². The largest absolute Gasteiger partial charge is 0.307 e. The molecule has 4 nitrogen and oxygen atoms in total. The highest BCUT2D eigenvalue weighted by Gasteiger charge is 2.16. The lowest BCUT2D eigenvalue weighted by atomic mass is 10.0. The molecule has 3 aromatic carbocycles. The maximum absolute atomic E-state index is 12.7. The average molecular weight is 335 g/mol. The first-order chi connectivity index (χ1) is 12.8. The van der Waals surface area contributed by atoms with Gasteiger partial charge in [-0.15, -0.1) is 0 Å². The van der Waals surface area contributed by atoms with E-state index in [4.69, 9.17) is 4.98 Å². The summed E-state index contributed by atoms with van der Waals surface area (Å²) in [7, 11) is 0. The Morgan fingerprint density at radius 3 is 2.15 bits per heavy atom. The van der Waals surface area contributed by atoms with Gasteiger partial charge >= 0.3 is 0 Å². The molecule has 0 amide bonds. The molecule has 0 bridgehead atoms. The van der Waals surface area contributed by atoms with E-state index in [2.05, 4.69) is 21.5 Å². The fourth-order valence-corrected chi connectivity index (χ4v) is 4.03. The summed E-state index contributed by atoms with van der Waals surface area (Å²) in [5.74, 6) is 0. The van der Waals surface area contributed by atoms with Crippen molar-refractivity contribution in [1.29, 1.82) is 0 Å². The molecule has 0 saturated heterocycles. The number of aromatic amines is 1. The average Bonchev–Trinajstić information content (AvgIpc) is 3.08. The van der Waals surface area contributed by atoms with E-state index in [0.717, 1.165) is 43.9 Å². The van der Waals surface area contributed by atoms with Gasteiger partial charge in [-0.25, -0.2) is 4.98 Å². The van der Waals surface area contributed by atoms with Crippen molar-refractivity contribution in [3.05, 3.63) is 83.2 Å². The highest BCUT2D eigenvalue weighted by atomic mass is 16.1. The van der Waals surface area contributed by atoms with Crippen LogP contribution in [0.4, 0.5) is 0 Å². The number of nitrogens with one attached hydrogen (secondary N) is 1. The van der Waals surface area contributed by atoms with Crippen LogP contribution in [0.3, 0.4) is 0 Å². The molecule has 0 radical (unpaired) electrons. The van der Waals surface area contributed by atoms with Crippen LogP contribution in [0.5, 0.6) is 0 Å². The molecule has 6 aromatic rings. The van der Waals surface area contributed by atoms with Crippen LogP contribution in [-0.2, 0) is 0 Å². The van der Waals surface area contributed by atoms with Gasteiger partial charge in [-0.1, -0.05) is 54.6 Å². The van der Waals surface area contributed by atoms with Gasteiger partial charge in [-0.05, 0) is 29.0 Å². The summed E-state index contributed by atoms with van der Waals surface area (Å²) >= 11 is 0. The van der Waals surface area contributed by atoms with Crippen LogP contribution in [0.2, 0.25) is 0 Å². The van der Waals surface area contributed by atoms with E-state index in [0.29, 0.717) is 5.39 Å². The van der Waals surface area contributed by atoms with Crippen LogP contribution >= 0.6 is 0 Å². The molecule has 6 rings (SSSR count). The predicted molar refractivity (Wildman–Crippen MR) is 106 cm³/mol. The number of imidazole rings is 1. The number of nitrogens with zero attached hydrogens (tertiary/aromatic N) is 2. The molecule has 3 heterocycles. The number of hydrogen-bond donors (Lipinski definition) is 1. The normalized spacial score (nSPS) is 12.0. The SMILES string of the molecule is O=c1[nH]c2c(c3ccccc13)c1ccccc1c1nc3ccccc3n12. The van der Waals surface area contributed by atoms with Gasteiger partial charge in [0.05, 0.1) is 11.0 Å². The Balaban J connectivity index is 2.10. The molecule has 0 aliphatic carbocycles.